The number of hydrogen-bond donors (Lipinski definition) is 0. The summed E-state index contributed by atoms with van der Waals surface area (Å²) in [4.78, 5) is 29.0. The molecule has 0 saturated carbocycles. The minimum atomic E-state index is -1.34. The van der Waals surface area contributed by atoms with Gasteiger partial charge in [0.15, 0.2) is 0 Å². The van der Waals surface area contributed by atoms with Crippen molar-refractivity contribution in [1.82, 2.24) is 14.9 Å². The van der Waals surface area contributed by atoms with Gasteiger partial charge in [0.1, 0.15) is 31.0 Å². The molecule has 246 valence electrons. The lowest BCUT2D eigenvalue weighted by Crippen LogP contribution is -2.49. The molecule has 0 aliphatic carbocycles. The molecule has 1 unspecified atom stereocenters. The Balaban J connectivity index is 1.07. The fraction of sp³-hybridized carbons (Fsp3) is 0.289. The highest BCUT2D eigenvalue weighted by atomic mass is 32.2. The highest BCUT2D eigenvalue weighted by molar-refractivity contribution is 7.90. The summed E-state index contributed by atoms with van der Waals surface area (Å²) in [5, 5.41) is 2.62. The van der Waals surface area contributed by atoms with Crippen molar-refractivity contribution in [3.8, 4) is 5.75 Å². The SMILES string of the molecule is C[S+]([O-])c1nc2c(c(N3CCN(CC(=O)OCc4ccccc4)CC3)n1)CCN(c1cc(OCc3ccccc3)cc3ccccc13)C2. The van der Waals surface area contributed by atoms with Gasteiger partial charge in [0, 0.05) is 66.6 Å². The first-order chi connectivity index (χ1) is 23.5. The van der Waals surface area contributed by atoms with E-state index in [1.54, 1.807) is 6.26 Å². The minimum Gasteiger partial charge on any atom is -0.609 e. The smallest absolute Gasteiger partial charge is 0.344 e. The van der Waals surface area contributed by atoms with Crippen LogP contribution in [0.25, 0.3) is 10.8 Å². The van der Waals surface area contributed by atoms with Gasteiger partial charge < -0.3 is 23.8 Å². The third-order valence-electron chi connectivity index (χ3n) is 8.95. The van der Waals surface area contributed by atoms with Crippen LogP contribution in [0.4, 0.5) is 11.5 Å². The Bertz CT molecular complexity index is 1870. The van der Waals surface area contributed by atoms with E-state index in [4.69, 9.17) is 19.4 Å². The minimum absolute atomic E-state index is 0.225. The summed E-state index contributed by atoms with van der Waals surface area (Å²) >= 11 is -1.34. The van der Waals surface area contributed by atoms with Crippen molar-refractivity contribution in [2.45, 2.75) is 31.3 Å². The lowest BCUT2D eigenvalue weighted by Gasteiger charge is -2.38. The molecule has 48 heavy (non-hydrogen) atoms. The molecule has 1 saturated heterocycles. The largest absolute Gasteiger partial charge is 0.609 e. The molecule has 4 aromatic carbocycles. The van der Waals surface area contributed by atoms with Crippen LogP contribution in [0.1, 0.15) is 22.4 Å². The number of hydrogen-bond acceptors (Lipinski definition) is 9. The summed E-state index contributed by atoms with van der Waals surface area (Å²) in [6.45, 7) is 5.22. The van der Waals surface area contributed by atoms with Gasteiger partial charge in [-0.15, -0.1) is 0 Å². The van der Waals surface area contributed by atoms with Gasteiger partial charge in [0.05, 0.1) is 18.8 Å². The summed E-state index contributed by atoms with van der Waals surface area (Å²) in [6.07, 6.45) is 2.39. The van der Waals surface area contributed by atoms with Crippen LogP contribution in [0, 0.1) is 0 Å². The number of piperazine rings is 1. The summed E-state index contributed by atoms with van der Waals surface area (Å²) in [6, 6.07) is 32.5. The Morgan fingerprint density at radius 3 is 2.23 bits per heavy atom. The third-order valence-corrected chi connectivity index (χ3v) is 9.65. The molecule has 1 atom stereocenters. The van der Waals surface area contributed by atoms with Gasteiger partial charge in [0.2, 0.25) is 0 Å². The molecule has 5 aromatic rings. The second-order valence-corrected chi connectivity index (χ2v) is 13.5. The number of benzene rings is 4. The quantitative estimate of drug-likeness (QED) is 0.111. The predicted molar refractivity (Wildman–Crippen MR) is 189 cm³/mol. The fourth-order valence-corrected chi connectivity index (χ4v) is 6.87. The molecule has 0 amide bonds. The summed E-state index contributed by atoms with van der Waals surface area (Å²) < 4.78 is 24.5. The molecule has 0 spiro atoms. The van der Waals surface area contributed by atoms with E-state index in [2.05, 4.69) is 57.2 Å². The maximum absolute atomic E-state index is 12.7. The van der Waals surface area contributed by atoms with Crippen LogP contribution >= 0.6 is 0 Å². The normalized spacial score (nSPS) is 15.6. The van der Waals surface area contributed by atoms with Crippen LogP contribution < -0.4 is 14.5 Å². The lowest BCUT2D eigenvalue weighted by molar-refractivity contribution is -0.146. The number of carbonyl (C=O) groups is 1. The van der Waals surface area contributed by atoms with E-state index in [0.29, 0.717) is 44.5 Å². The van der Waals surface area contributed by atoms with E-state index in [0.717, 1.165) is 63.4 Å². The summed E-state index contributed by atoms with van der Waals surface area (Å²) in [5.74, 6) is 1.46. The van der Waals surface area contributed by atoms with Gasteiger partial charge in [0.25, 0.3) is 0 Å². The average molecular weight is 662 g/mol. The maximum atomic E-state index is 12.7. The molecule has 0 radical (unpaired) electrons. The molecule has 2 aliphatic rings. The second-order valence-electron chi connectivity index (χ2n) is 12.2. The predicted octanol–water partition coefficient (Wildman–Crippen LogP) is 5.37. The number of carbonyl (C=O) groups excluding carboxylic acids is 1. The van der Waals surface area contributed by atoms with Crippen molar-refractivity contribution >= 4 is 39.4 Å². The van der Waals surface area contributed by atoms with Gasteiger partial charge in [-0.1, -0.05) is 84.9 Å². The zero-order valence-corrected chi connectivity index (χ0v) is 27.9. The molecule has 2 aliphatic heterocycles. The first-order valence-corrected chi connectivity index (χ1v) is 17.9. The molecular formula is C38H39N5O4S. The van der Waals surface area contributed by atoms with Crippen molar-refractivity contribution < 1.29 is 18.8 Å². The molecule has 0 bridgehead atoms. The van der Waals surface area contributed by atoms with Crippen molar-refractivity contribution in [2.75, 3.05) is 55.3 Å². The zero-order chi connectivity index (χ0) is 32.9. The Hall–Kier alpha value is -4.64. The molecule has 7 rings (SSSR count). The number of aromatic nitrogens is 2. The van der Waals surface area contributed by atoms with E-state index in [1.165, 1.54) is 0 Å². The molecule has 3 heterocycles. The highest BCUT2D eigenvalue weighted by Gasteiger charge is 2.30. The standard InChI is InChI=1S/C38H39N5O4S/c1-48(45)38-39-34-24-43(35-23-31(22-30-14-8-9-15-32(30)35)46-26-28-10-4-2-5-11-28)17-16-33(34)37(40-38)42-20-18-41(19-21-42)25-36(44)47-27-29-12-6-3-7-13-29/h2-15,22-23H,16-21,24-27H2,1H3. The van der Waals surface area contributed by atoms with Gasteiger partial charge in [-0.05, 0) is 29.0 Å². The van der Waals surface area contributed by atoms with Gasteiger partial charge in [-0.3, -0.25) is 9.69 Å². The topological polar surface area (TPSA) is 94.1 Å². The fourth-order valence-electron chi connectivity index (χ4n) is 6.42. The monoisotopic (exact) mass is 661 g/mol. The number of esters is 1. The summed E-state index contributed by atoms with van der Waals surface area (Å²) in [7, 11) is 0. The Labute approximate surface area is 284 Å². The first kappa shape index (κ1) is 31.9. The van der Waals surface area contributed by atoms with E-state index in [-0.39, 0.29) is 19.1 Å². The van der Waals surface area contributed by atoms with Gasteiger partial charge >= 0.3 is 11.1 Å². The van der Waals surface area contributed by atoms with Crippen molar-refractivity contribution in [2.24, 2.45) is 0 Å². The molecule has 9 nitrogen and oxygen atoms in total. The highest BCUT2D eigenvalue weighted by Crippen LogP contribution is 2.37. The van der Waals surface area contributed by atoms with Gasteiger partial charge in [-0.2, -0.15) is 9.97 Å². The van der Waals surface area contributed by atoms with Crippen LogP contribution in [0.15, 0.2) is 102 Å². The molecule has 1 fully saturated rings. The molecule has 1 aromatic heterocycles. The number of ether oxygens (including phenoxy) is 2. The number of rotatable bonds is 10. The second kappa shape index (κ2) is 14.6. The van der Waals surface area contributed by atoms with E-state index < -0.39 is 11.2 Å². The number of anilines is 2. The molecular weight excluding hydrogens is 623 g/mol. The van der Waals surface area contributed by atoms with E-state index >= 15 is 0 Å². The van der Waals surface area contributed by atoms with Crippen LogP contribution in [0.5, 0.6) is 5.75 Å². The molecule has 10 heteroatoms. The number of fused-ring (bicyclic) bond motifs is 2. The number of nitrogens with zero attached hydrogens (tertiary/aromatic N) is 5. The maximum Gasteiger partial charge on any atom is 0.344 e. The van der Waals surface area contributed by atoms with Crippen LogP contribution in [-0.2, 0) is 46.9 Å². The Morgan fingerprint density at radius 1 is 0.812 bits per heavy atom. The first-order valence-electron chi connectivity index (χ1n) is 16.3. The third kappa shape index (κ3) is 7.41. The van der Waals surface area contributed by atoms with E-state index in [9.17, 15) is 9.35 Å². The van der Waals surface area contributed by atoms with E-state index in [1.807, 2.05) is 54.6 Å². The zero-order valence-electron chi connectivity index (χ0n) is 27.1. The van der Waals surface area contributed by atoms with Crippen LogP contribution in [-0.4, -0.2) is 70.9 Å². The van der Waals surface area contributed by atoms with Crippen LogP contribution in [0.3, 0.4) is 0 Å². The van der Waals surface area contributed by atoms with Crippen LogP contribution in [0.2, 0.25) is 0 Å². The Kier molecular flexibility index (Phi) is 9.74. The Morgan fingerprint density at radius 2 is 1.50 bits per heavy atom. The van der Waals surface area contributed by atoms with Crippen molar-refractivity contribution in [3.05, 3.63) is 119 Å². The lowest BCUT2D eigenvalue weighted by atomic mass is 10.0. The molecule has 0 N–H and O–H groups in total. The van der Waals surface area contributed by atoms with Crippen molar-refractivity contribution in [3.63, 3.8) is 0 Å². The van der Waals surface area contributed by atoms with Crippen molar-refractivity contribution in [1.29, 1.82) is 0 Å². The summed E-state index contributed by atoms with van der Waals surface area (Å²) in [5.41, 5.74) is 5.20. The van der Waals surface area contributed by atoms with Gasteiger partial charge in [-0.25, -0.2) is 0 Å². The average Bonchev–Trinajstić information content (AvgIpc) is 3.13.